The molecule has 2 heterocycles. The molecule has 1 saturated heterocycles. The van der Waals surface area contributed by atoms with Gasteiger partial charge < -0.3 is 19.7 Å². The number of aromatic nitrogens is 3. The molecule has 1 aliphatic heterocycles. The zero-order valence-electron chi connectivity index (χ0n) is 37.1. The molecule has 0 bridgehead atoms. The van der Waals surface area contributed by atoms with Gasteiger partial charge >= 0.3 is 5.97 Å². The van der Waals surface area contributed by atoms with Gasteiger partial charge in [-0.15, -0.1) is 5.10 Å². The average Bonchev–Trinajstić information content (AvgIpc) is 3.90. The summed E-state index contributed by atoms with van der Waals surface area (Å²) >= 11 is 0. The van der Waals surface area contributed by atoms with Crippen LogP contribution in [0, 0.1) is 51.2 Å². The molecule has 11 heteroatoms. The van der Waals surface area contributed by atoms with Crippen molar-refractivity contribution in [3.05, 3.63) is 59.8 Å². The second-order valence-electron chi connectivity index (χ2n) is 21.0. The number of sulfone groups is 1. The van der Waals surface area contributed by atoms with Crippen LogP contribution in [0.1, 0.15) is 118 Å². The lowest BCUT2D eigenvalue weighted by Gasteiger charge is -2.71. The molecule has 2 aromatic rings. The highest BCUT2D eigenvalue weighted by atomic mass is 32.2. The topological polar surface area (TPSA) is 116 Å². The lowest BCUT2D eigenvalue weighted by molar-refractivity contribution is -0.212. The Hall–Kier alpha value is -3.02. The van der Waals surface area contributed by atoms with Gasteiger partial charge in [0.1, 0.15) is 18.2 Å². The van der Waals surface area contributed by atoms with Crippen molar-refractivity contribution in [3.8, 4) is 11.6 Å². The number of carbonyl (C=O) groups excluding carboxylic acids is 1. The summed E-state index contributed by atoms with van der Waals surface area (Å²) in [5.74, 6) is 4.33. The smallest absolute Gasteiger partial charge is 0.315 e. The molecule has 5 fully saturated rings. The number of hydrogen-bond acceptors (Lipinski definition) is 9. The van der Waals surface area contributed by atoms with Crippen molar-refractivity contribution in [2.45, 2.75) is 124 Å². The van der Waals surface area contributed by atoms with E-state index in [4.69, 9.17) is 9.47 Å². The third kappa shape index (κ3) is 7.03. The van der Waals surface area contributed by atoms with E-state index in [0.717, 1.165) is 49.4 Å². The number of esters is 1. The number of nitrogens with zero attached hydrogens (tertiary/aromatic N) is 4. The Morgan fingerprint density at radius 3 is 2.45 bits per heavy atom. The average molecular weight is 842 g/mol. The standard InChI is InChI=1S/C49H71N5O5S/c1-6-58-44(55)48(34-59-43-33-51-52-54(43)37-11-8-7-9-12-37)23-16-36(17-24-48)38-18-21-45(3)39(35(38)2)19-22-47(5)42(45)15-14-40-41-13-10-20-49(41,26-25-46(40,47)4)50-27-28-53-29-31-60(56,57)32-30-53/h7-9,11-12,16,18,33,35,39-42,50H,6,10,13-15,17,19-32,34H2,1-5H3/t35?,39?,40-,41-,42?,45+,46-,47-,48?,49+/m1/s1. The van der Waals surface area contributed by atoms with Crippen molar-refractivity contribution in [2.24, 2.45) is 51.2 Å². The zero-order valence-corrected chi connectivity index (χ0v) is 37.9. The van der Waals surface area contributed by atoms with Gasteiger partial charge in [0, 0.05) is 31.7 Å². The highest BCUT2D eigenvalue weighted by molar-refractivity contribution is 7.91. The minimum atomic E-state index is -2.85. The number of ether oxygens (including phenoxy) is 2. The maximum Gasteiger partial charge on any atom is 0.315 e. The highest BCUT2D eigenvalue weighted by Gasteiger charge is 2.68. The van der Waals surface area contributed by atoms with Crippen LogP contribution < -0.4 is 10.1 Å². The molecular formula is C49H71N5O5S. The molecule has 0 spiro atoms. The first kappa shape index (κ1) is 42.3. The third-order valence-electron chi connectivity index (χ3n) is 18.6. The Balaban J connectivity index is 0.888. The molecular weight excluding hydrogens is 771 g/mol. The van der Waals surface area contributed by atoms with Crippen molar-refractivity contribution in [2.75, 3.05) is 50.9 Å². The molecule has 10 atom stereocenters. The van der Waals surface area contributed by atoms with Gasteiger partial charge in [0.2, 0.25) is 5.88 Å². The van der Waals surface area contributed by atoms with E-state index in [1.165, 1.54) is 68.9 Å². The minimum absolute atomic E-state index is 0.182. The van der Waals surface area contributed by atoms with Crippen LogP contribution in [-0.4, -0.2) is 90.7 Å². The van der Waals surface area contributed by atoms with E-state index in [0.29, 0.717) is 72.6 Å². The van der Waals surface area contributed by atoms with Gasteiger partial charge in [0.05, 0.1) is 23.8 Å². The Morgan fingerprint density at radius 2 is 1.70 bits per heavy atom. The molecule has 4 saturated carbocycles. The van der Waals surface area contributed by atoms with Crippen LogP contribution in [0.25, 0.3) is 5.69 Å². The summed E-state index contributed by atoms with van der Waals surface area (Å²) < 4.78 is 37.8. The van der Waals surface area contributed by atoms with Crippen LogP contribution in [0.3, 0.4) is 0 Å². The van der Waals surface area contributed by atoms with Crippen molar-refractivity contribution in [3.63, 3.8) is 0 Å². The quantitative estimate of drug-likeness (QED) is 0.223. The number of carbonyl (C=O) groups is 1. The first-order chi connectivity index (χ1) is 28.8. The lowest BCUT2D eigenvalue weighted by Crippen LogP contribution is -2.67. The van der Waals surface area contributed by atoms with Gasteiger partial charge in [0.15, 0.2) is 9.84 Å². The van der Waals surface area contributed by atoms with E-state index < -0.39 is 15.3 Å². The molecule has 0 amide bonds. The van der Waals surface area contributed by atoms with E-state index >= 15 is 0 Å². The van der Waals surface area contributed by atoms with Crippen LogP contribution in [0.4, 0.5) is 0 Å². The molecule has 1 aromatic carbocycles. The largest absolute Gasteiger partial charge is 0.475 e. The number of para-hydroxylation sites is 1. The van der Waals surface area contributed by atoms with E-state index in [-0.39, 0.29) is 23.5 Å². The van der Waals surface area contributed by atoms with Crippen LogP contribution in [0.15, 0.2) is 59.8 Å². The first-order valence-corrected chi connectivity index (χ1v) is 25.4. The van der Waals surface area contributed by atoms with E-state index in [2.05, 4.69) is 60.4 Å². The number of hydrogen-bond donors (Lipinski definition) is 1. The second-order valence-corrected chi connectivity index (χ2v) is 23.3. The van der Waals surface area contributed by atoms with Crippen LogP contribution in [0.2, 0.25) is 0 Å². The van der Waals surface area contributed by atoms with E-state index in [1.807, 2.05) is 37.3 Å². The molecule has 60 heavy (non-hydrogen) atoms. The zero-order chi connectivity index (χ0) is 42.0. The summed E-state index contributed by atoms with van der Waals surface area (Å²) in [5.41, 5.74) is 4.25. The fraction of sp³-hybridized carbons (Fsp3) is 0.735. The summed E-state index contributed by atoms with van der Waals surface area (Å²) in [4.78, 5) is 16.1. The van der Waals surface area contributed by atoms with Gasteiger partial charge in [-0.25, -0.2) is 8.42 Å². The maximum absolute atomic E-state index is 13.7. The predicted octanol–water partition coefficient (Wildman–Crippen LogP) is 8.38. The fourth-order valence-corrected chi connectivity index (χ4v) is 16.4. The van der Waals surface area contributed by atoms with Crippen LogP contribution in [-0.2, 0) is 19.4 Å². The van der Waals surface area contributed by atoms with Crippen LogP contribution >= 0.6 is 0 Å². The number of rotatable bonds is 11. The van der Waals surface area contributed by atoms with Crippen molar-refractivity contribution in [1.29, 1.82) is 0 Å². The molecule has 4 unspecified atom stereocenters. The van der Waals surface area contributed by atoms with E-state index in [1.54, 1.807) is 10.9 Å². The number of benzene rings is 1. The summed E-state index contributed by atoms with van der Waals surface area (Å²) in [6.45, 7) is 16.4. The predicted molar refractivity (Wildman–Crippen MR) is 235 cm³/mol. The Labute approximate surface area is 359 Å². The number of fused-ring (bicyclic) bond motifs is 7. The molecule has 328 valence electrons. The van der Waals surface area contributed by atoms with Gasteiger partial charge in [0.25, 0.3) is 0 Å². The summed E-state index contributed by atoms with van der Waals surface area (Å²) in [5, 5.41) is 12.6. The highest BCUT2D eigenvalue weighted by Crippen LogP contribution is 2.75. The first-order valence-electron chi connectivity index (χ1n) is 23.6. The normalized spacial score (nSPS) is 39.9. The Bertz CT molecular complexity index is 2070. The van der Waals surface area contributed by atoms with Gasteiger partial charge in [-0.2, -0.15) is 4.68 Å². The number of nitrogens with one attached hydrogen (secondary N) is 1. The summed E-state index contributed by atoms with van der Waals surface area (Å²) in [7, 11) is -2.85. The SMILES string of the molecule is CCOC(=O)C1(COc2cnnn2-c2ccccc2)CC=C(C2=CC[C@@]3(C)C(CC[C@]4(C)C3CC[C@@H]3[C@H]5CCC[C@]5(NCCN5CCS(=O)(=O)CC5)CC[C@]34C)C2C)CC1. The summed E-state index contributed by atoms with van der Waals surface area (Å²) in [6.07, 6.45) is 21.8. The molecule has 0 radical (unpaired) electrons. The van der Waals surface area contributed by atoms with Gasteiger partial charge in [-0.3, -0.25) is 4.79 Å². The van der Waals surface area contributed by atoms with Gasteiger partial charge in [-0.05, 0) is 153 Å². The lowest BCUT2D eigenvalue weighted by atomic mass is 9.34. The third-order valence-corrected chi connectivity index (χ3v) is 20.2. The van der Waals surface area contributed by atoms with Crippen molar-refractivity contribution < 1.29 is 22.7 Å². The Kier molecular flexibility index (Phi) is 11.2. The van der Waals surface area contributed by atoms with Gasteiger partial charge in [-0.1, -0.05) is 69.7 Å². The fourth-order valence-electron chi connectivity index (χ4n) is 15.1. The van der Waals surface area contributed by atoms with Crippen molar-refractivity contribution in [1.82, 2.24) is 25.2 Å². The molecule has 1 aromatic heterocycles. The second kappa shape index (κ2) is 16.0. The maximum atomic E-state index is 13.7. The monoisotopic (exact) mass is 842 g/mol. The Morgan fingerprint density at radius 1 is 0.900 bits per heavy atom. The summed E-state index contributed by atoms with van der Waals surface area (Å²) in [6, 6.07) is 9.82. The molecule has 10 nitrogen and oxygen atoms in total. The van der Waals surface area contributed by atoms with Crippen LogP contribution in [0.5, 0.6) is 5.88 Å². The minimum Gasteiger partial charge on any atom is -0.475 e. The van der Waals surface area contributed by atoms with Crippen molar-refractivity contribution >= 4 is 15.8 Å². The molecule has 7 aliphatic rings. The van der Waals surface area contributed by atoms with E-state index in [9.17, 15) is 13.2 Å². The molecule has 1 N–H and O–H groups in total. The number of allylic oxidation sites excluding steroid dienone is 4. The molecule has 9 rings (SSSR count). The molecule has 6 aliphatic carbocycles.